The lowest BCUT2D eigenvalue weighted by atomic mass is 9.82. The van der Waals surface area contributed by atoms with Crippen molar-refractivity contribution in [2.75, 3.05) is 13.7 Å². The smallest absolute Gasteiger partial charge is 0.137 e. The van der Waals surface area contributed by atoms with Crippen LogP contribution in [-0.4, -0.2) is 13.7 Å². The highest BCUT2D eigenvalue weighted by Gasteiger charge is 2.30. The van der Waals surface area contributed by atoms with Crippen LogP contribution in [-0.2, 0) is 5.41 Å². The first-order chi connectivity index (χ1) is 12.5. The van der Waals surface area contributed by atoms with Gasteiger partial charge in [-0.2, -0.15) is 0 Å². The topological polar surface area (TPSA) is 18.5 Å². The standard InChI is InChI=1S/C22H25BrO2S/c1-5-6-11-25-19-14-18(24-4)16(13-17(19)23)22(2,3)21-12-15-9-7-8-10-20(15)26-21/h7-10,12-14H,5-6,11H2,1-4H3. The highest BCUT2D eigenvalue weighted by molar-refractivity contribution is 9.10. The van der Waals surface area contributed by atoms with Crippen molar-refractivity contribution in [3.05, 3.63) is 57.4 Å². The molecular formula is C22H25BrO2S. The van der Waals surface area contributed by atoms with Crippen molar-refractivity contribution >= 4 is 37.4 Å². The molecule has 0 fully saturated rings. The molecule has 2 aromatic carbocycles. The van der Waals surface area contributed by atoms with Gasteiger partial charge in [0.2, 0.25) is 0 Å². The molecule has 0 amide bonds. The number of rotatable bonds is 7. The van der Waals surface area contributed by atoms with E-state index in [4.69, 9.17) is 9.47 Å². The number of methoxy groups -OCH3 is 1. The van der Waals surface area contributed by atoms with E-state index in [0.29, 0.717) is 0 Å². The minimum Gasteiger partial charge on any atom is -0.496 e. The number of thiophene rings is 1. The highest BCUT2D eigenvalue weighted by Crippen LogP contribution is 2.45. The molecule has 0 N–H and O–H groups in total. The summed E-state index contributed by atoms with van der Waals surface area (Å²) >= 11 is 5.53. The molecule has 0 aliphatic heterocycles. The largest absolute Gasteiger partial charge is 0.496 e. The molecule has 0 saturated heterocycles. The summed E-state index contributed by atoms with van der Waals surface area (Å²) in [5.74, 6) is 1.70. The van der Waals surface area contributed by atoms with Gasteiger partial charge in [0.25, 0.3) is 0 Å². The van der Waals surface area contributed by atoms with Crippen LogP contribution in [0.4, 0.5) is 0 Å². The van der Waals surface area contributed by atoms with E-state index < -0.39 is 0 Å². The Bertz CT molecular complexity index is 865. The van der Waals surface area contributed by atoms with Gasteiger partial charge in [0.05, 0.1) is 18.2 Å². The van der Waals surface area contributed by atoms with E-state index in [1.807, 2.05) is 17.4 Å². The molecule has 0 bridgehead atoms. The van der Waals surface area contributed by atoms with E-state index in [-0.39, 0.29) is 5.41 Å². The van der Waals surface area contributed by atoms with Crippen molar-refractivity contribution < 1.29 is 9.47 Å². The summed E-state index contributed by atoms with van der Waals surface area (Å²) in [5.41, 5.74) is 0.987. The predicted octanol–water partition coefficient (Wildman–Crippen LogP) is 7.18. The SMILES string of the molecule is CCCCOc1cc(OC)c(C(C)(C)c2cc3ccccc3s2)cc1Br. The molecule has 0 unspecified atom stereocenters. The number of unbranched alkanes of at least 4 members (excludes halogenated alkanes) is 1. The van der Waals surface area contributed by atoms with Crippen LogP contribution in [0.25, 0.3) is 10.1 Å². The lowest BCUT2D eigenvalue weighted by Gasteiger charge is -2.27. The fourth-order valence-electron chi connectivity index (χ4n) is 3.05. The summed E-state index contributed by atoms with van der Waals surface area (Å²) in [5, 5.41) is 1.29. The summed E-state index contributed by atoms with van der Waals surface area (Å²) in [6.07, 6.45) is 2.16. The first-order valence-corrected chi connectivity index (χ1v) is 10.6. The molecule has 2 nitrogen and oxygen atoms in total. The molecule has 138 valence electrons. The monoisotopic (exact) mass is 432 g/mol. The van der Waals surface area contributed by atoms with Gasteiger partial charge >= 0.3 is 0 Å². The third-order valence-electron chi connectivity index (χ3n) is 4.72. The quantitative estimate of drug-likeness (QED) is 0.368. The zero-order valence-electron chi connectivity index (χ0n) is 15.8. The van der Waals surface area contributed by atoms with E-state index in [1.165, 1.54) is 15.0 Å². The van der Waals surface area contributed by atoms with Crippen molar-refractivity contribution in [1.29, 1.82) is 0 Å². The highest BCUT2D eigenvalue weighted by atomic mass is 79.9. The maximum Gasteiger partial charge on any atom is 0.137 e. The minimum absolute atomic E-state index is 0.167. The van der Waals surface area contributed by atoms with Gasteiger partial charge in [0.15, 0.2) is 0 Å². The normalized spacial score (nSPS) is 11.7. The number of halogens is 1. The predicted molar refractivity (Wildman–Crippen MR) is 115 cm³/mol. The number of benzene rings is 2. The number of fused-ring (bicyclic) bond motifs is 1. The van der Waals surface area contributed by atoms with E-state index in [1.54, 1.807) is 7.11 Å². The molecule has 1 aromatic heterocycles. The molecule has 1 heterocycles. The minimum atomic E-state index is -0.167. The molecule has 4 heteroatoms. The summed E-state index contributed by atoms with van der Waals surface area (Å²) < 4.78 is 13.9. The fourth-order valence-corrected chi connectivity index (χ4v) is 4.69. The Labute approximate surface area is 168 Å². The van der Waals surface area contributed by atoms with Gasteiger partial charge in [-0.25, -0.2) is 0 Å². The van der Waals surface area contributed by atoms with E-state index >= 15 is 0 Å². The molecule has 26 heavy (non-hydrogen) atoms. The zero-order valence-corrected chi connectivity index (χ0v) is 18.2. The Hall–Kier alpha value is -1.52. The molecule has 0 spiro atoms. The van der Waals surface area contributed by atoms with Crippen LogP contribution in [0.3, 0.4) is 0 Å². The Morgan fingerprint density at radius 1 is 1.08 bits per heavy atom. The van der Waals surface area contributed by atoms with Crippen LogP contribution in [0.15, 0.2) is 46.9 Å². The van der Waals surface area contributed by atoms with Gasteiger partial charge in [-0.15, -0.1) is 11.3 Å². The molecule has 0 saturated carbocycles. The third kappa shape index (κ3) is 3.77. The van der Waals surface area contributed by atoms with Crippen molar-refractivity contribution in [2.24, 2.45) is 0 Å². The maximum absolute atomic E-state index is 5.92. The van der Waals surface area contributed by atoms with Crippen LogP contribution >= 0.6 is 27.3 Å². The summed E-state index contributed by atoms with van der Waals surface area (Å²) in [6.45, 7) is 7.38. The second-order valence-corrected chi connectivity index (χ2v) is 8.90. The average Bonchev–Trinajstić information content (AvgIpc) is 3.08. The summed E-state index contributed by atoms with van der Waals surface area (Å²) in [7, 11) is 1.73. The van der Waals surface area contributed by atoms with Gasteiger partial charge in [-0.3, -0.25) is 0 Å². The van der Waals surface area contributed by atoms with Crippen LogP contribution in [0.2, 0.25) is 0 Å². The molecule has 3 aromatic rings. The Morgan fingerprint density at radius 3 is 2.54 bits per heavy atom. The van der Waals surface area contributed by atoms with Crippen molar-refractivity contribution in [1.82, 2.24) is 0 Å². The van der Waals surface area contributed by atoms with E-state index in [2.05, 4.69) is 73.1 Å². The molecule has 3 rings (SSSR count). The fraction of sp³-hybridized carbons (Fsp3) is 0.364. The van der Waals surface area contributed by atoms with Crippen LogP contribution in [0, 0.1) is 0 Å². The Balaban J connectivity index is 2.01. The molecule has 0 atom stereocenters. The molecule has 0 aliphatic rings. The molecule has 0 radical (unpaired) electrons. The van der Waals surface area contributed by atoms with Gasteiger partial charge in [0, 0.05) is 26.6 Å². The lowest BCUT2D eigenvalue weighted by molar-refractivity contribution is 0.304. The second kappa shape index (κ2) is 8.01. The van der Waals surface area contributed by atoms with Gasteiger partial charge in [0.1, 0.15) is 11.5 Å². The third-order valence-corrected chi connectivity index (χ3v) is 6.78. The Kier molecular flexibility index (Phi) is 5.93. The molecular weight excluding hydrogens is 408 g/mol. The van der Waals surface area contributed by atoms with Gasteiger partial charge in [-0.05, 0) is 45.9 Å². The van der Waals surface area contributed by atoms with Crippen LogP contribution in [0.5, 0.6) is 11.5 Å². The number of hydrogen-bond acceptors (Lipinski definition) is 3. The first-order valence-electron chi connectivity index (χ1n) is 8.97. The van der Waals surface area contributed by atoms with Gasteiger partial charge < -0.3 is 9.47 Å². The Morgan fingerprint density at radius 2 is 1.85 bits per heavy atom. The average molecular weight is 433 g/mol. The van der Waals surface area contributed by atoms with Crippen LogP contribution < -0.4 is 9.47 Å². The summed E-state index contributed by atoms with van der Waals surface area (Å²) in [6, 6.07) is 15.0. The van der Waals surface area contributed by atoms with Crippen molar-refractivity contribution in [3.8, 4) is 11.5 Å². The van der Waals surface area contributed by atoms with E-state index in [0.717, 1.165) is 41.0 Å². The lowest BCUT2D eigenvalue weighted by Crippen LogP contribution is -2.18. The molecule has 0 aliphatic carbocycles. The number of ether oxygens (including phenoxy) is 2. The first kappa shape index (κ1) is 19.2. The van der Waals surface area contributed by atoms with Gasteiger partial charge in [-0.1, -0.05) is 45.4 Å². The summed E-state index contributed by atoms with van der Waals surface area (Å²) in [4.78, 5) is 1.32. The second-order valence-electron chi connectivity index (χ2n) is 6.96. The van der Waals surface area contributed by atoms with Crippen molar-refractivity contribution in [2.45, 2.75) is 39.0 Å². The maximum atomic E-state index is 5.92. The van der Waals surface area contributed by atoms with Crippen LogP contribution in [0.1, 0.15) is 44.1 Å². The van der Waals surface area contributed by atoms with E-state index in [9.17, 15) is 0 Å². The number of hydrogen-bond donors (Lipinski definition) is 0. The zero-order chi connectivity index (χ0) is 18.7. The van der Waals surface area contributed by atoms with Crippen molar-refractivity contribution in [3.63, 3.8) is 0 Å².